The van der Waals surface area contributed by atoms with Gasteiger partial charge in [0.2, 0.25) is 0 Å². The summed E-state index contributed by atoms with van der Waals surface area (Å²) in [6.07, 6.45) is 11.0. The summed E-state index contributed by atoms with van der Waals surface area (Å²) in [7, 11) is 2.02. The third-order valence-electron chi connectivity index (χ3n) is 2.02. The van der Waals surface area contributed by atoms with E-state index in [1.54, 1.807) is 0 Å². The Kier molecular flexibility index (Phi) is 7.29. The van der Waals surface area contributed by atoms with Gasteiger partial charge in [-0.25, -0.2) is 0 Å². The molecule has 0 amide bonds. The Morgan fingerprint density at radius 2 is 2.18 bits per heavy atom. The molecule has 1 N–H and O–H groups in total. The molecule has 11 heavy (non-hydrogen) atoms. The maximum absolute atomic E-state index is 5.14. The number of hydrogen-bond acceptors (Lipinski definition) is 1. The summed E-state index contributed by atoms with van der Waals surface area (Å²) in [6, 6.07) is 0.688. The van der Waals surface area contributed by atoms with Crippen molar-refractivity contribution in [2.24, 2.45) is 0 Å². The average Bonchev–Trinajstić information content (AvgIpc) is 2.05. The molecule has 1 unspecified atom stereocenters. The van der Waals surface area contributed by atoms with Gasteiger partial charge in [-0.05, 0) is 26.3 Å². The minimum absolute atomic E-state index is 0.688. The molecule has 1 heteroatoms. The smallest absolute Gasteiger partial charge is 0.00860 e. The van der Waals surface area contributed by atoms with Crippen LogP contribution < -0.4 is 5.32 Å². The molecule has 0 heterocycles. The van der Waals surface area contributed by atoms with Crippen LogP contribution in [-0.4, -0.2) is 13.1 Å². The molecule has 1 nitrogen and oxygen atoms in total. The van der Waals surface area contributed by atoms with Gasteiger partial charge in [0.1, 0.15) is 0 Å². The minimum Gasteiger partial charge on any atom is -0.317 e. The predicted molar refractivity (Wildman–Crippen MR) is 50.4 cm³/mol. The predicted octanol–water partition coefficient (Wildman–Crippen LogP) is 2.18. The lowest BCUT2D eigenvalue weighted by atomic mass is 10.1. The van der Waals surface area contributed by atoms with Crippen LogP contribution >= 0.6 is 0 Å². The van der Waals surface area contributed by atoms with Crippen LogP contribution in [-0.2, 0) is 0 Å². The Bertz CT molecular complexity index is 109. The second kappa shape index (κ2) is 7.63. The second-order valence-electron chi connectivity index (χ2n) is 2.84. The molecule has 0 aromatic rings. The van der Waals surface area contributed by atoms with Crippen LogP contribution in [0.2, 0.25) is 0 Å². The average molecular weight is 153 g/mol. The van der Waals surface area contributed by atoms with Crippen LogP contribution in [0.15, 0.2) is 0 Å². The standard InChI is InChI=1S/C10H19N/c1-4-6-7-8-9-10(5-2)11-3/h1,10-11H,5-9H2,2-3H3. The molecule has 0 saturated carbocycles. The Morgan fingerprint density at radius 1 is 1.45 bits per heavy atom. The quantitative estimate of drug-likeness (QED) is 0.455. The van der Waals surface area contributed by atoms with Crippen molar-refractivity contribution in [2.45, 2.75) is 45.1 Å². The van der Waals surface area contributed by atoms with Crippen LogP contribution in [0, 0.1) is 12.3 Å². The topological polar surface area (TPSA) is 12.0 Å². The van der Waals surface area contributed by atoms with Gasteiger partial charge in [-0.1, -0.05) is 13.3 Å². The third kappa shape index (κ3) is 5.94. The van der Waals surface area contributed by atoms with Crippen LogP contribution in [0.4, 0.5) is 0 Å². The third-order valence-corrected chi connectivity index (χ3v) is 2.02. The molecule has 0 aliphatic carbocycles. The van der Waals surface area contributed by atoms with Gasteiger partial charge < -0.3 is 5.32 Å². The summed E-state index contributed by atoms with van der Waals surface area (Å²) in [6.45, 7) is 2.21. The van der Waals surface area contributed by atoms with E-state index in [4.69, 9.17) is 6.42 Å². The molecule has 0 spiro atoms. The maximum atomic E-state index is 5.14. The SMILES string of the molecule is C#CCCCCC(CC)NC. The van der Waals surface area contributed by atoms with Crippen LogP contribution in [0.1, 0.15) is 39.0 Å². The van der Waals surface area contributed by atoms with E-state index in [2.05, 4.69) is 18.2 Å². The summed E-state index contributed by atoms with van der Waals surface area (Å²) in [5.74, 6) is 2.66. The fourth-order valence-corrected chi connectivity index (χ4v) is 1.17. The zero-order valence-electron chi connectivity index (χ0n) is 7.69. The molecule has 0 aliphatic rings. The van der Waals surface area contributed by atoms with Crippen molar-refractivity contribution in [1.82, 2.24) is 5.32 Å². The van der Waals surface area contributed by atoms with Crippen molar-refractivity contribution in [3.63, 3.8) is 0 Å². The van der Waals surface area contributed by atoms with Crippen molar-refractivity contribution in [2.75, 3.05) is 7.05 Å². The van der Waals surface area contributed by atoms with Crippen LogP contribution in [0.25, 0.3) is 0 Å². The Labute approximate surface area is 70.6 Å². The summed E-state index contributed by atoms with van der Waals surface area (Å²) in [5, 5.41) is 3.28. The van der Waals surface area contributed by atoms with Crippen LogP contribution in [0.5, 0.6) is 0 Å². The van der Waals surface area contributed by atoms with Crippen molar-refractivity contribution >= 4 is 0 Å². The molecule has 0 fully saturated rings. The summed E-state index contributed by atoms with van der Waals surface area (Å²) < 4.78 is 0. The first-order chi connectivity index (χ1) is 5.35. The molecule has 1 atom stereocenters. The zero-order chi connectivity index (χ0) is 8.53. The van der Waals surface area contributed by atoms with Crippen LogP contribution in [0.3, 0.4) is 0 Å². The van der Waals surface area contributed by atoms with Gasteiger partial charge in [-0.3, -0.25) is 0 Å². The van der Waals surface area contributed by atoms with E-state index in [0.717, 1.165) is 6.42 Å². The Hall–Kier alpha value is -0.480. The van der Waals surface area contributed by atoms with Gasteiger partial charge >= 0.3 is 0 Å². The monoisotopic (exact) mass is 153 g/mol. The van der Waals surface area contributed by atoms with E-state index >= 15 is 0 Å². The van der Waals surface area contributed by atoms with Crippen molar-refractivity contribution in [3.05, 3.63) is 0 Å². The molecule has 0 aliphatic heterocycles. The van der Waals surface area contributed by atoms with Gasteiger partial charge in [0.15, 0.2) is 0 Å². The first-order valence-corrected chi connectivity index (χ1v) is 4.45. The minimum atomic E-state index is 0.688. The molecular weight excluding hydrogens is 134 g/mol. The van der Waals surface area contributed by atoms with Gasteiger partial charge in [-0.2, -0.15) is 0 Å². The highest BCUT2D eigenvalue weighted by Crippen LogP contribution is 2.04. The molecule has 0 aromatic heterocycles. The summed E-state index contributed by atoms with van der Waals surface area (Å²) in [5.41, 5.74) is 0. The first-order valence-electron chi connectivity index (χ1n) is 4.45. The fraction of sp³-hybridized carbons (Fsp3) is 0.800. The Balaban J connectivity index is 3.16. The second-order valence-corrected chi connectivity index (χ2v) is 2.84. The highest BCUT2D eigenvalue weighted by Gasteiger charge is 2.00. The lowest BCUT2D eigenvalue weighted by Crippen LogP contribution is -2.23. The van der Waals surface area contributed by atoms with Crippen molar-refractivity contribution in [3.8, 4) is 12.3 Å². The number of hydrogen-bond donors (Lipinski definition) is 1. The highest BCUT2D eigenvalue weighted by atomic mass is 14.9. The molecule has 0 rings (SSSR count). The van der Waals surface area contributed by atoms with E-state index < -0.39 is 0 Å². The van der Waals surface area contributed by atoms with E-state index in [9.17, 15) is 0 Å². The van der Waals surface area contributed by atoms with Crippen molar-refractivity contribution < 1.29 is 0 Å². The number of unbranched alkanes of at least 4 members (excludes halogenated alkanes) is 2. The summed E-state index contributed by atoms with van der Waals surface area (Å²) >= 11 is 0. The largest absolute Gasteiger partial charge is 0.317 e. The van der Waals surface area contributed by atoms with Crippen molar-refractivity contribution in [1.29, 1.82) is 0 Å². The fourth-order valence-electron chi connectivity index (χ4n) is 1.17. The lowest BCUT2D eigenvalue weighted by Gasteiger charge is -2.12. The number of terminal acetylenes is 1. The van der Waals surface area contributed by atoms with E-state index in [0.29, 0.717) is 6.04 Å². The molecule has 0 aromatic carbocycles. The summed E-state index contributed by atoms with van der Waals surface area (Å²) in [4.78, 5) is 0. The van der Waals surface area contributed by atoms with Gasteiger partial charge in [-0.15, -0.1) is 12.3 Å². The van der Waals surface area contributed by atoms with E-state index in [1.807, 2.05) is 7.05 Å². The van der Waals surface area contributed by atoms with E-state index in [1.165, 1.54) is 25.7 Å². The van der Waals surface area contributed by atoms with Gasteiger partial charge in [0, 0.05) is 12.5 Å². The van der Waals surface area contributed by atoms with Gasteiger partial charge in [0.05, 0.1) is 0 Å². The maximum Gasteiger partial charge on any atom is 0.00860 e. The Morgan fingerprint density at radius 3 is 2.64 bits per heavy atom. The normalized spacial score (nSPS) is 12.5. The molecule has 0 bridgehead atoms. The lowest BCUT2D eigenvalue weighted by molar-refractivity contribution is 0.484. The van der Waals surface area contributed by atoms with E-state index in [-0.39, 0.29) is 0 Å². The molecule has 64 valence electrons. The number of nitrogens with one attached hydrogen (secondary N) is 1. The zero-order valence-corrected chi connectivity index (χ0v) is 7.69. The molecular formula is C10H19N. The van der Waals surface area contributed by atoms with Gasteiger partial charge in [0.25, 0.3) is 0 Å². The number of rotatable bonds is 6. The molecule has 0 saturated heterocycles. The first kappa shape index (κ1) is 10.5. The molecule has 0 radical (unpaired) electrons. The highest BCUT2D eigenvalue weighted by molar-refractivity contribution is 4.83.